The third-order valence-corrected chi connectivity index (χ3v) is 5.53. The minimum Gasteiger partial charge on any atom is -0.371 e. The first kappa shape index (κ1) is 15.6. The summed E-state index contributed by atoms with van der Waals surface area (Å²) < 4.78 is 0. The van der Waals surface area contributed by atoms with Crippen molar-refractivity contribution in [2.24, 2.45) is 0 Å². The summed E-state index contributed by atoms with van der Waals surface area (Å²) in [5.41, 5.74) is 3.58. The molecular weight excluding hydrogens is 350 g/mol. The summed E-state index contributed by atoms with van der Waals surface area (Å²) in [6.45, 7) is 3.61. The second kappa shape index (κ2) is 5.99. The number of aromatic amines is 1. The third kappa shape index (κ3) is 2.44. The van der Waals surface area contributed by atoms with Crippen LogP contribution in [-0.4, -0.2) is 47.4 Å². The maximum absolute atomic E-state index is 11.7. The standard InChI is InChI=1S/C19H18ClN5O/c20-13-2-3-15-16(8-13)23-18(22-15)12-9-25(10-12)19-14(11-26)17(4-5-21-19)24-6-1-7-24/h2-5,8,11-12H,1,6-7,9-10H2,(H,22,23). The van der Waals surface area contributed by atoms with Gasteiger partial charge in [-0.15, -0.1) is 0 Å². The summed E-state index contributed by atoms with van der Waals surface area (Å²) in [6, 6.07) is 7.61. The minimum atomic E-state index is 0.301. The molecular formula is C19H18ClN5O. The Balaban J connectivity index is 1.38. The molecule has 5 rings (SSSR count). The van der Waals surface area contributed by atoms with Gasteiger partial charge in [-0.25, -0.2) is 9.97 Å². The first-order valence-corrected chi connectivity index (χ1v) is 9.20. The van der Waals surface area contributed by atoms with Gasteiger partial charge in [-0.3, -0.25) is 4.79 Å². The molecule has 6 nitrogen and oxygen atoms in total. The predicted molar refractivity (Wildman–Crippen MR) is 103 cm³/mol. The number of fused-ring (bicyclic) bond motifs is 1. The van der Waals surface area contributed by atoms with Gasteiger partial charge >= 0.3 is 0 Å². The van der Waals surface area contributed by atoms with Gasteiger partial charge in [-0.1, -0.05) is 11.6 Å². The van der Waals surface area contributed by atoms with E-state index < -0.39 is 0 Å². The fourth-order valence-electron chi connectivity index (χ4n) is 3.67. The number of nitrogens with one attached hydrogen (secondary N) is 1. The number of carbonyl (C=O) groups is 1. The lowest BCUT2D eigenvalue weighted by atomic mass is 9.98. The zero-order valence-corrected chi connectivity index (χ0v) is 14.9. The fraction of sp³-hybridized carbons (Fsp3) is 0.316. The molecule has 0 radical (unpaired) electrons. The second-order valence-electron chi connectivity index (χ2n) is 6.91. The van der Waals surface area contributed by atoms with Crippen LogP contribution < -0.4 is 9.80 Å². The van der Waals surface area contributed by atoms with E-state index in [0.29, 0.717) is 16.5 Å². The van der Waals surface area contributed by atoms with E-state index in [1.165, 1.54) is 6.42 Å². The average molecular weight is 368 g/mol. The molecule has 2 aliphatic heterocycles. The largest absolute Gasteiger partial charge is 0.371 e. The molecule has 3 aromatic rings. The fourth-order valence-corrected chi connectivity index (χ4v) is 3.84. The molecule has 0 unspecified atom stereocenters. The van der Waals surface area contributed by atoms with Crippen LogP contribution in [-0.2, 0) is 0 Å². The van der Waals surface area contributed by atoms with Crippen LogP contribution in [0.3, 0.4) is 0 Å². The highest BCUT2D eigenvalue weighted by Gasteiger charge is 2.34. The lowest BCUT2D eigenvalue weighted by Crippen LogP contribution is -2.47. The number of benzene rings is 1. The Morgan fingerprint density at radius 3 is 2.77 bits per heavy atom. The lowest BCUT2D eigenvalue weighted by molar-refractivity contribution is 0.112. The van der Waals surface area contributed by atoms with E-state index in [0.717, 1.165) is 60.8 Å². The summed E-state index contributed by atoms with van der Waals surface area (Å²) in [7, 11) is 0. The Kier molecular flexibility index (Phi) is 3.60. The van der Waals surface area contributed by atoms with Crippen molar-refractivity contribution in [3.63, 3.8) is 0 Å². The number of anilines is 2. The molecule has 1 N–H and O–H groups in total. The van der Waals surface area contributed by atoms with Crippen molar-refractivity contribution in [3.8, 4) is 0 Å². The highest BCUT2D eigenvalue weighted by Crippen LogP contribution is 2.35. The second-order valence-corrected chi connectivity index (χ2v) is 7.35. The molecule has 2 fully saturated rings. The van der Waals surface area contributed by atoms with Crippen molar-refractivity contribution in [2.75, 3.05) is 36.0 Å². The zero-order valence-electron chi connectivity index (χ0n) is 14.2. The Labute approximate surface area is 155 Å². The van der Waals surface area contributed by atoms with Crippen LogP contribution in [0.1, 0.15) is 28.5 Å². The Morgan fingerprint density at radius 1 is 1.19 bits per heavy atom. The SMILES string of the molecule is O=Cc1c(N2CCC2)ccnc1N1CC(c2nc3ccc(Cl)cc3[nH]2)C1. The van der Waals surface area contributed by atoms with Gasteiger partial charge in [-0.05, 0) is 30.7 Å². The topological polar surface area (TPSA) is 65.1 Å². The number of hydrogen-bond acceptors (Lipinski definition) is 5. The molecule has 0 bridgehead atoms. The molecule has 0 aliphatic carbocycles. The number of aldehydes is 1. The molecule has 2 saturated heterocycles. The number of carbonyl (C=O) groups excluding carboxylic acids is 1. The first-order chi connectivity index (χ1) is 12.7. The van der Waals surface area contributed by atoms with Crippen molar-refractivity contribution in [2.45, 2.75) is 12.3 Å². The maximum Gasteiger partial charge on any atom is 0.155 e. The first-order valence-electron chi connectivity index (χ1n) is 8.82. The summed E-state index contributed by atoms with van der Waals surface area (Å²) in [5, 5.41) is 0.700. The van der Waals surface area contributed by atoms with Crippen molar-refractivity contribution in [1.29, 1.82) is 0 Å². The van der Waals surface area contributed by atoms with Gasteiger partial charge < -0.3 is 14.8 Å². The van der Waals surface area contributed by atoms with E-state index in [9.17, 15) is 4.79 Å². The highest BCUT2D eigenvalue weighted by molar-refractivity contribution is 6.31. The quantitative estimate of drug-likeness (QED) is 0.717. The molecule has 26 heavy (non-hydrogen) atoms. The maximum atomic E-state index is 11.7. The van der Waals surface area contributed by atoms with Crippen LogP contribution in [0.25, 0.3) is 11.0 Å². The Bertz CT molecular complexity index is 991. The molecule has 0 spiro atoms. The van der Waals surface area contributed by atoms with Crippen molar-refractivity contribution >= 4 is 40.4 Å². The van der Waals surface area contributed by atoms with Crippen molar-refractivity contribution in [1.82, 2.24) is 15.0 Å². The van der Waals surface area contributed by atoms with E-state index in [2.05, 4.69) is 24.8 Å². The van der Waals surface area contributed by atoms with E-state index in [1.807, 2.05) is 24.3 Å². The van der Waals surface area contributed by atoms with Crippen LogP contribution in [0.4, 0.5) is 11.5 Å². The molecule has 132 valence electrons. The number of imidazole rings is 1. The number of nitrogens with zero attached hydrogens (tertiary/aromatic N) is 4. The van der Waals surface area contributed by atoms with Crippen LogP contribution in [0.2, 0.25) is 5.02 Å². The van der Waals surface area contributed by atoms with Gasteiger partial charge in [0, 0.05) is 37.4 Å². The summed E-state index contributed by atoms with van der Waals surface area (Å²) >= 11 is 6.05. The molecule has 1 aromatic carbocycles. The molecule has 4 heterocycles. The average Bonchev–Trinajstić information content (AvgIpc) is 2.94. The lowest BCUT2D eigenvalue weighted by Gasteiger charge is -2.41. The predicted octanol–water partition coefficient (Wildman–Crippen LogP) is 3.24. The van der Waals surface area contributed by atoms with Gasteiger partial charge in [0.15, 0.2) is 6.29 Å². The molecule has 2 aliphatic rings. The number of pyridine rings is 1. The summed E-state index contributed by atoms with van der Waals surface area (Å²) in [4.78, 5) is 28.6. The molecule has 0 amide bonds. The minimum absolute atomic E-state index is 0.301. The molecule has 7 heteroatoms. The van der Waals surface area contributed by atoms with E-state index in [4.69, 9.17) is 11.6 Å². The number of H-pyrrole nitrogens is 1. The summed E-state index contributed by atoms with van der Waals surface area (Å²) in [6.07, 6.45) is 3.91. The normalized spacial score (nSPS) is 17.3. The van der Waals surface area contributed by atoms with Crippen LogP contribution in [0.5, 0.6) is 0 Å². The van der Waals surface area contributed by atoms with E-state index in [-0.39, 0.29) is 0 Å². The highest BCUT2D eigenvalue weighted by atomic mass is 35.5. The van der Waals surface area contributed by atoms with E-state index >= 15 is 0 Å². The molecule has 0 saturated carbocycles. The molecule has 2 aromatic heterocycles. The monoisotopic (exact) mass is 367 g/mol. The number of hydrogen-bond donors (Lipinski definition) is 1. The van der Waals surface area contributed by atoms with Gasteiger partial charge in [-0.2, -0.15) is 0 Å². The van der Waals surface area contributed by atoms with Crippen LogP contribution in [0.15, 0.2) is 30.5 Å². The van der Waals surface area contributed by atoms with Crippen molar-refractivity contribution < 1.29 is 4.79 Å². The Hall–Kier alpha value is -2.60. The van der Waals surface area contributed by atoms with Crippen molar-refractivity contribution in [3.05, 3.63) is 46.9 Å². The molecule has 0 atom stereocenters. The zero-order chi connectivity index (χ0) is 17.7. The number of aromatic nitrogens is 3. The summed E-state index contributed by atoms with van der Waals surface area (Å²) in [5.74, 6) is 2.04. The van der Waals surface area contributed by atoms with Gasteiger partial charge in [0.1, 0.15) is 11.6 Å². The number of halogens is 1. The van der Waals surface area contributed by atoms with Crippen LogP contribution >= 0.6 is 11.6 Å². The Morgan fingerprint density at radius 2 is 2.04 bits per heavy atom. The van der Waals surface area contributed by atoms with Gasteiger partial charge in [0.2, 0.25) is 0 Å². The van der Waals surface area contributed by atoms with Crippen LogP contribution in [0, 0.1) is 0 Å². The third-order valence-electron chi connectivity index (χ3n) is 5.29. The number of rotatable bonds is 4. The van der Waals surface area contributed by atoms with Gasteiger partial charge in [0.05, 0.1) is 28.2 Å². The smallest absolute Gasteiger partial charge is 0.155 e. The van der Waals surface area contributed by atoms with Gasteiger partial charge in [0.25, 0.3) is 0 Å². The van der Waals surface area contributed by atoms with E-state index in [1.54, 1.807) is 6.20 Å².